The molecule has 5 heteroatoms. The Morgan fingerprint density at radius 1 is 1.38 bits per heavy atom. The van der Waals surface area contributed by atoms with E-state index in [-0.39, 0.29) is 0 Å². The zero-order valence-electron chi connectivity index (χ0n) is 15.4. The van der Waals surface area contributed by atoms with Crippen molar-refractivity contribution in [3.63, 3.8) is 0 Å². The summed E-state index contributed by atoms with van der Waals surface area (Å²) >= 11 is 11.7. The van der Waals surface area contributed by atoms with Crippen molar-refractivity contribution in [3.05, 3.63) is 28.8 Å². The maximum atomic E-state index is 6.09. The van der Waals surface area contributed by atoms with Crippen molar-refractivity contribution in [3.8, 4) is 0 Å². The number of hydrogen-bond acceptors (Lipinski definition) is 1. The Bertz CT molecular complexity index is 554. The van der Waals surface area contributed by atoms with Crippen LogP contribution in [0.4, 0.5) is 5.69 Å². The van der Waals surface area contributed by atoms with Crippen LogP contribution in [-0.2, 0) is 0 Å². The molecule has 2 rings (SSSR count). The van der Waals surface area contributed by atoms with Gasteiger partial charge < -0.3 is 15.1 Å². The van der Waals surface area contributed by atoms with Crippen LogP contribution < -0.4 is 10.2 Å². The van der Waals surface area contributed by atoms with E-state index in [1.165, 1.54) is 25.8 Å². The molecule has 3 nitrogen and oxygen atoms in total. The van der Waals surface area contributed by atoms with Crippen LogP contribution in [0.2, 0.25) is 5.02 Å². The zero-order chi connectivity index (χ0) is 17.7. The van der Waals surface area contributed by atoms with E-state index in [2.05, 4.69) is 38.0 Å². The lowest BCUT2D eigenvalue weighted by Crippen LogP contribution is -3.13. The minimum atomic E-state index is 0.736. The summed E-state index contributed by atoms with van der Waals surface area (Å²) in [6.07, 6.45) is 3.72. The molecule has 1 aromatic carbocycles. The topological polar surface area (TPSA) is 19.7 Å². The van der Waals surface area contributed by atoms with Crippen LogP contribution in [0, 0.1) is 12.8 Å². The lowest BCUT2D eigenvalue weighted by Gasteiger charge is -2.36. The van der Waals surface area contributed by atoms with Gasteiger partial charge in [0.05, 0.1) is 19.6 Å². The van der Waals surface area contributed by atoms with E-state index >= 15 is 0 Å². The first kappa shape index (κ1) is 19.5. The van der Waals surface area contributed by atoms with Gasteiger partial charge in [-0.15, -0.1) is 0 Å². The second kappa shape index (κ2) is 9.02. The van der Waals surface area contributed by atoms with Crippen molar-refractivity contribution in [1.29, 1.82) is 0 Å². The molecule has 1 heterocycles. The van der Waals surface area contributed by atoms with Crippen molar-refractivity contribution in [1.82, 2.24) is 4.90 Å². The average Bonchev–Trinajstić information content (AvgIpc) is 2.56. The Balaban J connectivity index is 1.83. The minimum absolute atomic E-state index is 0.736. The number of nitrogens with zero attached hydrogens (tertiary/aromatic N) is 1. The summed E-state index contributed by atoms with van der Waals surface area (Å²) in [5.41, 5.74) is 2.17. The Labute approximate surface area is 157 Å². The molecule has 0 saturated carbocycles. The van der Waals surface area contributed by atoms with E-state index in [1.807, 2.05) is 18.2 Å². The van der Waals surface area contributed by atoms with Gasteiger partial charge in [0.25, 0.3) is 0 Å². The maximum Gasteiger partial charge on any atom is 0.173 e. The normalized spacial score (nSPS) is 17.2. The number of hydrogen-bond donors (Lipinski definition) is 2. The Hall–Kier alpha value is -0.840. The van der Waals surface area contributed by atoms with Gasteiger partial charge in [0.1, 0.15) is 0 Å². The molecule has 134 valence electrons. The number of rotatable bonds is 5. The van der Waals surface area contributed by atoms with Crippen LogP contribution in [0.5, 0.6) is 0 Å². The Morgan fingerprint density at radius 2 is 2.04 bits per heavy atom. The predicted molar refractivity (Wildman–Crippen MR) is 108 cm³/mol. The summed E-state index contributed by atoms with van der Waals surface area (Å²) in [7, 11) is 2.34. The van der Waals surface area contributed by atoms with Gasteiger partial charge in [-0.2, -0.15) is 0 Å². The van der Waals surface area contributed by atoms with Crippen LogP contribution in [-0.4, -0.2) is 42.7 Å². The molecule has 1 saturated heterocycles. The number of halogens is 1. The molecule has 0 bridgehead atoms. The highest BCUT2D eigenvalue weighted by Crippen LogP contribution is 2.21. The molecule has 24 heavy (non-hydrogen) atoms. The first-order chi connectivity index (χ1) is 11.4. The standard InChI is InChI=1S/C19H30ClN3S/c1-14(2)7-10-22(4)17-8-11-23(12-9-17)19(24)21-18-13-16(20)6-5-15(18)3/h5-6,13-14,17H,7-12H2,1-4H3,(H,21,24)/p+1. The molecule has 0 aromatic heterocycles. The number of aryl methyl sites for hydroxylation is 1. The summed E-state index contributed by atoms with van der Waals surface area (Å²) < 4.78 is 0. The molecule has 1 unspecified atom stereocenters. The van der Waals surface area contributed by atoms with E-state index in [4.69, 9.17) is 23.8 Å². The highest BCUT2D eigenvalue weighted by atomic mass is 35.5. The first-order valence-corrected chi connectivity index (χ1v) is 9.80. The fourth-order valence-electron chi connectivity index (χ4n) is 3.22. The van der Waals surface area contributed by atoms with E-state index in [0.717, 1.165) is 46.4 Å². The van der Waals surface area contributed by atoms with Gasteiger partial charge in [0, 0.05) is 36.6 Å². The third-order valence-electron chi connectivity index (χ3n) is 5.04. The quantitative estimate of drug-likeness (QED) is 0.777. The van der Waals surface area contributed by atoms with E-state index < -0.39 is 0 Å². The van der Waals surface area contributed by atoms with Crippen LogP contribution in [0.3, 0.4) is 0 Å². The molecule has 1 atom stereocenters. The minimum Gasteiger partial charge on any atom is -0.349 e. The van der Waals surface area contributed by atoms with Crippen LogP contribution in [0.25, 0.3) is 0 Å². The van der Waals surface area contributed by atoms with Gasteiger partial charge in [0.2, 0.25) is 0 Å². The highest BCUT2D eigenvalue weighted by molar-refractivity contribution is 7.80. The molecule has 2 N–H and O–H groups in total. The van der Waals surface area contributed by atoms with Gasteiger partial charge in [-0.25, -0.2) is 0 Å². The number of anilines is 1. The van der Waals surface area contributed by atoms with Gasteiger partial charge in [-0.1, -0.05) is 31.5 Å². The van der Waals surface area contributed by atoms with Crippen molar-refractivity contribution >= 4 is 34.6 Å². The molecule has 1 fully saturated rings. The van der Waals surface area contributed by atoms with Crippen LogP contribution in [0.1, 0.15) is 38.7 Å². The predicted octanol–water partition coefficient (Wildman–Crippen LogP) is 3.37. The molecular weight excluding hydrogens is 338 g/mol. The number of quaternary nitrogens is 1. The van der Waals surface area contributed by atoms with E-state index in [9.17, 15) is 0 Å². The van der Waals surface area contributed by atoms with Gasteiger partial charge in [-0.05, 0) is 49.2 Å². The Kier molecular flexibility index (Phi) is 7.33. The van der Waals surface area contributed by atoms with E-state index in [0.29, 0.717) is 0 Å². The Morgan fingerprint density at radius 3 is 2.67 bits per heavy atom. The molecule has 0 aliphatic carbocycles. The molecular formula is C19H31ClN3S+. The van der Waals surface area contributed by atoms with Gasteiger partial charge in [-0.3, -0.25) is 0 Å². The molecule has 0 spiro atoms. The number of thiocarbonyl (C=S) groups is 1. The van der Waals surface area contributed by atoms with Gasteiger partial charge in [0.15, 0.2) is 5.11 Å². The van der Waals surface area contributed by atoms with Crippen LogP contribution in [0.15, 0.2) is 18.2 Å². The zero-order valence-corrected chi connectivity index (χ0v) is 16.9. The summed E-state index contributed by atoms with van der Waals surface area (Å²) in [6.45, 7) is 10.0. The molecule has 1 aromatic rings. The summed E-state index contributed by atoms with van der Waals surface area (Å²) in [4.78, 5) is 3.97. The number of piperidine rings is 1. The lowest BCUT2D eigenvalue weighted by atomic mass is 10.0. The monoisotopic (exact) mass is 368 g/mol. The average molecular weight is 369 g/mol. The summed E-state index contributed by atoms with van der Waals surface area (Å²) in [5.74, 6) is 0.790. The first-order valence-electron chi connectivity index (χ1n) is 9.01. The number of benzene rings is 1. The lowest BCUT2D eigenvalue weighted by molar-refractivity contribution is -0.907. The van der Waals surface area contributed by atoms with Crippen molar-refractivity contribution < 1.29 is 4.90 Å². The largest absolute Gasteiger partial charge is 0.349 e. The van der Waals surface area contributed by atoms with Crippen molar-refractivity contribution in [2.75, 3.05) is 32.0 Å². The van der Waals surface area contributed by atoms with Crippen LogP contribution >= 0.6 is 23.8 Å². The fraction of sp³-hybridized carbons (Fsp3) is 0.632. The summed E-state index contributed by atoms with van der Waals surface area (Å²) in [5, 5.41) is 4.93. The number of nitrogens with one attached hydrogen (secondary N) is 2. The summed E-state index contributed by atoms with van der Waals surface area (Å²) in [6, 6.07) is 6.63. The smallest absolute Gasteiger partial charge is 0.173 e. The molecule has 1 aliphatic heterocycles. The second-order valence-corrected chi connectivity index (χ2v) is 8.25. The fourth-order valence-corrected chi connectivity index (χ4v) is 3.68. The third-order valence-corrected chi connectivity index (χ3v) is 5.63. The van der Waals surface area contributed by atoms with Crippen molar-refractivity contribution in [2.24, 2.45) is 5.92 Å². The second-order valence-electron chi connectivity index (χ2n) is 7.43. The molecule has 0 amide bonds. The maximum absolute atomic E-state index is 6.09. The third kappa shape index (κ3) is 5.61. The molecule has 0 radical (unpaired) electrons. The van der Waals surface area contributed by atoms with E-state index in [1.54, 1.807) is 4.90 Å². The molecule has 1 aliphatic rings. The SMILES string of the molecule is Cc1ccc(Cl)cc1NC(=S)N1CCC([NH+](C)CCC(C)C)CC1. The van der Waals surface area contributed by atoms with Gasteiger partial charge >= 0.3 is 0 Å². The highest BCUT2D eigenvalue weighted by Gasteiger charge is 2.26. The number of likely N-dealkylation sites (tertiary alicyclic amines) is 1. The van der Waals surface area contributed by atoms with Crippen molar-refractivity contribution in [2.45, 2.75) is 46.1 Å².